The highest BCUT2D eigenvalue weighted by molar-refractivity contribution is 7.99. The van der Waals surface area contributed by atoms with Crippen molar-refractivity contribution in [3.8, 4) is 0 Å². The Kier molecular flexibility index (Phi) is 5.42. The van der Waals surface area contributed by atoms with E-state index in [9.17, 15) is 4.79 Å². The number of aliphatic imine (C=N–C) groups is 1. The van der Waals surface area contributed by atoms with E-state index in [1.807, 2.05) is 31.2 Å². The second-order valence-corrected chi connectivity index (χ2v) is 9.67. The van der Waals surface area contributed by atoms with Crippen LogP contribution in [0.4, 0.5) is 5.69 Å². The smallest absolute Gasteiger partial charge is 0.251 e. The maximum atomic E-state index is 12.8. The van der Waals surface area contributed by atoms with Crippen molar-refractivity contribution in [3.63, 3.8) is 0 Å². The van der Waals surface area contributed by atoms with Crippen LogP contribution in [0.25, 0.3) is 0 Å². The van der Waals surface area contributed by atoms with Gasteiger partial charge in [-0.15, -0.1) is 11.3 Å². The largest absolute Gasteiger partial charge is 0.493 e. The number of hydrogen-bond acceptors (Lipinski definition) is 5. The minimum atomic E-state index is -0.105. The van der Waals surface area contributed by atoms with Crippen LogP contribution in [0.1, 0.15) is 39.7 Å². The number of carbonyl (C=O) groups excluding carboxylic acids is 1. The van der Waals surface area contributed by atoms with E-state index in [0.717, 1.165) is 38.9 Å². The monoisotopic (exact) mass is 446 g/mol. The molecular weight excluding hydrogens is 424 g/mol. The lowest BCUT2D eigenvalue weighted by atomic mass is 10.1. The van der Waals surface area contributed by atoms with Crippen LogP contribution in [0.2, 0.25) is 0 Å². The first-order valence-corrected chi connectivity index (χ1v) is 11.9. The number of nitrogens with one attached hydrogen (secondary N) is 1. The summed E-state index contributed by atoms with van der Waals surface area (Å²) in [6, 6.07) is 16.2. The van der Waals surface area contributed by atoms with E-state index in [-0.39, 0.29) is 12.0 Å². The summed E-state index contributed by atoms with van der Waals surface area (Å²) >= 11 is 3.39. The van der Waals surface area contributed by atoms with Gasteiger partial charge in [-0.3, -0.25) is 4.79 Å². The Hall–Kier alpha value is -2.83. The number of amides is 1. The van der Waals surface area contributed by atoms with Crippen molar-refractivity contribution < 1.29 is 9.53 Å². The Morgan fingerprint density at radius 1 is 1.16 bits per heavy atom. The molecule has 3 aromatic rings. The van der Waals surface area contributed by atoms with Crippen LogP contribution in [-0.4, -0.2) is 24.3 Å². The fourth-order valence-corrected chi connectivity index (χ4v) is 5.69. The summed E-state index contributed by atoms with van der Waals surface area (Å²) in [5.74, 6) is 0.818. The van der Waals surface area contributed by atoms with Gasteiger partial charge in [0.15, 0.2) is 0 Å². The van der Waals surface area contributed by atoms with Crippen molar-refractivity contribution >= 4 is 40.4 Å². The number of aryl methyl sites for hydroxylation is 1. The highest BCUT2D eigenvalue weighted by atomic mass is 32.2. The molecule has 1 aromatic heterocycles. The molecule has 0 spiro atoms. The predicted molar refractivity (Wildman–Crippen MR) is 127 cm³/mol. The van der Waals surface area contributed by atoms with Gasteiger partial charge in [0.1, 0.15) is 6.10 Å². The van der Waals surface area contributed by atoms with Gasteiger partial charge in [-0.1, -0.05) is 30.0 Å². The van der Waals surface area contributed by atoms with Crippen molar-refractivity contribution in [1.29, 1.82) is 0 Å². The molecule has 6 heteroatoms. The first kappa shape index (κ1) is 20.1. The second-order valence-electron chi connectivity index (χ2n) is 7.67. The standard InChI is InChI=1S/C25H22N2O2S2/c1-15-11-12-30-24(15)23-19-5-3-4-6-21(19)31-22-10-8-17(13-20(22)27-23)25(28)26-14-18-9-7-16(2)29-18/h3-8,10-13,18H,9,14H2,1-2H3,(H,26,28). The first-order valence-electron chi connectivity index (χ1n) is 10.2. The maximum absolute atomic E-state index is 12.8. The lowest BCUT2D eigenvalue weighted by molar-refractivity contribution is 0.0903. The van der Waals surface area contributed by atoms with Crippen LogP contribution in [0.5, 0.6) is 0 Å². The Bertz CT molecular complexity index is 1230. The van der Waals surface area contributed by atoms with Crippen molar-refractivity contribution in [2.75, 3.05) is 6.54 Å². The second kappa shape index (κ2) is 8.36. The summed E-state index contributed by atoms with van der Waals surface area (Å²) in [5.41, 5.74) is 4.74. The summed E-state index contributed by atoms with van der Waals surface area (Å²) in [5, 5.41) is 5.10. The molecule has 1 N–H and O–H groups in total. The minimum absolute atomic E-state index is 0.0151. The maximum Gasteiger partial charge on any atom is 0.251 e. The molecule has 2 aliphatic rings. The third kappa shape index (κ3) is 4.05. The average Bonchev–Trinajstić information content (AvgIpc) is 3.35. The van der Waals surface area contributed by atoms with E-state index in [2.05, 4.69) is 48.0 Å². The number of carbonyl (C=O) groups is 1. The third-order valence-electron chi connectivity index (χ3n) is 5.40. The van der Waals surface area contributed by atoms with E-state index in [1.54, 1.807) is 23.1 Å². The molecule has 1 atom stereocenters. The van der Waals surface area contributed by atoms with Crippen molar-refractivity contribution in [1.82, 2.24) is 5.32 Å². The zero-order valence-electron chi connectivity index (χ0n) is 17.3. The Labute approximate surface area is 190 Å². The summed E-state index contributed by atoms with van der Waals surface area (Å²) < 4.78 is 5.68. The SMILES string of the molecule is CC1=CCC(CNC(=O)c2ccc3c(c2)N=C(c2sccc2C)c2ccccc2S3)O1. The van der Waals surface area contributed by atoms with Crippen molar-refractivity contribution in [3.05, 3.63) is 87.3 Å². The first-order chi connectivity index (χ1) is 15.1. The van der Waals surface area contributed by atoms with Gasteiger partial charge < -0.3 is 10.1 Å². The van der Waals surface area contributed by atoms with Crippen LogP contribution in [0.3, 0.4) is 0 Å². The molecule has 1 unspecified atom stereocenters. The molecule has 5 rings (SSSR count). The molecule has 0 aliphatic carbocycles. The molecule has 0 bridgehead atoms. The molecule has 0 fully saturated rings. The highest BCUT2D eigenvalue weighted by Gasteiger charge is 2.22. The normalized spacial score (nSPS) is 17.0. The molecule has 4 nitrogen and oxygen atoms in total. The van der Waals surface area contributed by atoms with Crippen LogP contribution >= 0.6 is 23.1 Å². The van der Waals surface area contributed by atoms with E-state index in [1.165, 1.54) is 10.5 Å². The number of hydrogen-bond donors (Lipinski definition) is 1. The predicted octanol–water partition coefficient (Wildman–Crippen LogP) is 6.11. The zero-order chi connectivity index (χ0) is 21.4. The number of thiophene rings is 1. The van der Waals surface area contributed by atoms with Crippen molar-refractivity contribution in [2.45, 2.75) is 36.2 Å². The van der Waals surface area contributed by atoms with Gasteiger partial charge >= 0.3 is 0 Å². The van der Waals surface area contributed by atoms with Gasteiger partial charge in [-0.25, -0.2) is 4.99 Å². The quantitative estimate of drug-likeness (QED) is 0.411. The lowest BCUT2D eigenvalue weighted by Crippen LogP contribution is -2.31. The molecule has 0 saturated heterocycles. The Morgan fingerprint density at radius 2 is 2.03 bits per heavy atom. The summed E-state index contributed by atoms with van der Waals surface area (Å²) in [6.07, 6.45) is 2.90. The number of allylic oxidation sites excluding steroid dienone is 1. The molecule has 3 heterocycles. The van der Waals surface area contributed by atoms with Crippen molar-refractivity contribution in [2.24, 2.45) is 4.99 Å². The van der Waals surface area contributed by atoms with Gasteiger partial charge in [0, 0.05) is 27.3 Å². The van der Waals surface area contributed by atoms with E-state index in [4.69, 9.17) is 9.73 Å². The van der Waals surface area contributed by atoms with Gasteiger partial charge in [-0.05, 0) is 61.2 Å². The lowest BCUT2D eigenvalue weighted by Gasteiger charge is -2.13. The summed E-state index contributed by atoms with van der Waals surface area (Å²) in [7, 11) is 0. The molecule has 1 amide bonds. The van der Waals surface area contributed by atoms with Crippen LogP contribution in [0, 0.1) is 6.92 Å². The Morgan fingerprint density at radius 3 is 2.81 bits per heavy atom. The van der Waals surface area contributed by atoms with E-state index in [0.29, 0.717) is 12.1 Å². The van der Waals surface area contributed by atoms with E-state index < -0.39 is 0 Å². The number of nitrogens with zero attached hydrogens (tertiary/aromatic N) is 1. The van der Waals surface area contributed by atoms with Crippen LogP contribution < -0.4 is 5.32 Å². The molecule has 156 valence electrons. The van der Waals surface area contributed by atoms with Gasteiger partial charge in [0.25, 0.3) is 5.91 Å². The van der Waals surface area contributed by atoms with Crippen LogP contribution in [-0.2, 0) is 4.74 Å². The summed E-state index contributed by atoms with van der Waals surface area (Å²) in [6.45, 7) is 4.54. The number of fused-ring (bicyclic) bond motifs is 2. The highest BCUT2D eigenvalue weighted by Crippen LogP contribution is 2.42. The fourth-order valence-electron chi connectivity index (χ4n) is 3.76. The summed E-state index contributed by atoms with van der Waals surface area (Å²) in [4.78, 5) is 21.3. The van der Waals surface area contributed by atoms with E-state index >= 15 is 0 Å². The van der Waals surface area contributed by atoms with Gasteiger partial charge in [0.2, 0.25) is 0 Å². The molecule has 31 heavy (non-hydrogen) atoms. The minimum Gasteiger partial charge on any atom is -0.493 e. The number of rotatable bonds is 4. The van der Waals surface area contributed by atoms with Crippen LogP contribution in [0.15, 0.2) is 80.5 Å². The third-order valence-corrected chi connectivity index (χ3v) is 7.57. The molecule has 0 radical (unpaired) electrons. The topological polar surface area (TPSA) is 50.7 Å². The number of benzene rings is 2. The van der Waals surface area contributed by atoms with Gasteiger partial charge in [0.05, 0.1) is 28.6 Å². The molecular formula is C25H22N2O2S2. The zero-order valence-corrected chi connectivity index (χ0v) is 19.0. The molecule has 2 aromatic carbocycles. The molecule has 0 saturated carbocycles. The van der Waals surface area contributed by atoms with Gasteiger partial charge in [-0.2, -0.15) is 0 Å². The Balaban J connectivity index is 1.47. The average molecular weight is 447 g/mol. The fraction of sp³-hybridized carbons (Fsp3) is 0.200. The number of ether oxygens (including phenoxy) is 1. The molecule has 2 aliphatic heterocycles.